The second-order valence-corrected chi connectivity index (χ2v) is 3.57. The molecular weight excluding hydrogens is 219 g/mol. The van der Waals surface area contributed by atoms with E-state index in [1.807, 2.05) is 6.26 Å². The van der Waals surface area contributed by atoms with E-state index in [-0.39, 0.29) is 0 Å². The highest BCUT2D eigenvalue weighted by Crippen LogP contribution is 2.14. The van der Waals surface area contributed by atoms with Gasteiger partial charge in [-0.3, -0.25) is 0 Å². The van der Waals surface area contributed by atoms with Gasteiger partial charge in [-0.25, -0.2) is 4.79 Å². The molecule has 0 radical (unpaired) electrons. The second kappa shape index (κ2) is 6.00. The molecule has 14 heavy (non-hydrogen) atoms. The summed E-state index contributed by atoms with van der Waals surface area (Å²) in [6.07, 6.45) is -3.57. The number of halogens is 3. The third-order valence-electron chi connectivity index (χ3n) is 1.30. The number of alkyl halides is 3. The lowest BCUT2D eigenvalue weighted by atomic mass is 10.6. The highest BCUT2D eigenvalue weighted by atomic mass is 32.2. The van der Waals surface area contributed by atoms with Gasteiger partial charge >= 0.3 is 12.3 Å². The molecule has 0 aliphatic rings. The van der Waals surface area contributed by atoms with Crippen LogP contribution in [0.4, 0.5) is 18.0 Å². The minimum absolute atomic E-state index is 0.373. The first kappa shape index (κ1) is 13.4. The maximum absolute atomic E-state index is 11.6. The molecule has 84 valence electrons. The van der Waals surface area contributed by atoms with Crippen LogP contribution in [0.3, 0.4) is 0 Å². The Kier molecular flexibility index (Phi) is 5.75. The highest BCUT2D eigenvalue weighted by molar-refractivity contribution is 7.98. The molecule has 3 nitrogen and oxygen atoms in total. The fraction of sp³-hybridized carbons (Fsp3) is 0.857. The first-order valence-electron chi connectivity index (χ1n) is 3.80. The summed E-state index contributed by atoms with van der Waals surface area (Å²) in [4.78, 5) is 12.0. The molecule has 0 saturated carbocycles. The van der Waals surface area contributed by atoms with Crippen molar-refractivity contribution in [2.45, 2.75) is 6.18 Å². The standard InChI is InChI=1S/C7H12F3NO2S/c1-11(3-4-14-2)6(12)13-5-7(8,9)10/h3-5H2,1-2H3. The zero-order valence-electron chi connectivity index (χ0n) is 7.93. The summed E-state index contributed by atoms with van der Waals surface area (Å²) in [5.74, 6) is 0.664. The van der Waals surface area contributed by atoms with E-state index in [9.17, 15) is 18.0 Å². The fourth-order valence-corrected chi connectivity index (χ4v) is 1.03. The Balaban J connectivity index is 3.73. The van der Waals surface area contributed by atoms with E-state index in [1.165, 1.54) is 18.8 Å². The predicted octanol–water partition coefficient (Wildman–Crippen LogP) is 1.98. The molecule has 0 aliphatic carbocycles. The van der Waals surface area contributed by atoms with Gasteiger partial charge in [-0.2, -0.15) is 24.9 Å². The van der Waals surface area contributed by atoms with Crippen LogP contribution < -0.4 is 0 Å². The van der Waals surface area contributed by atoms with Crippen molar-refractivity contribution in [3.05, 3.63) is 0 Å². The molecule has 0 aromatic carbocycles. The van der Waals surface area contributed by atoms with Crippen molar-refractivity contribution in [1.82, 2.24) is 4.90 Å². The maximum Gasteiger partial charge on any atom is 0.422 e. The molecule has 0 atom stereocenters. The van der Waals surface area contributed by atoms with E-state index in [0.717, 1.165) is 4.90 Å². The topological polar surface area (TPSA) is 29.5 Å². The third kappa shape index (κ3) is 6.88. The number of hydrogen-bond acceptors (Lipinski definition) is 3. The number of carbonyl (C=O) groups excluding carboxylic acids is 1. The van der Waals surface area contributed by atoms with Crippen molar-refractivity contribution >= 4 is 17.9 Å². The SMILES string of the molecule is CSCCN(C)C(=O)OCC(F)(F)F. The van der Waals surface area contributed by atoms with Gasteiger partial charge in [-0.15, -0.1) is 0 Å². The van der Waals surface area contributed by atoms with Gasteiger partial charge in [-0.1, -0.05) is 0 Å². The van der Waals surface area contributed by atoms with Gasteiger partial charge in [0, 0.05) is 19.3 Å². The first-order chi connectivity index (χ1) is 6.37. The molecular formula is C7H12F3NO2S. The van der Waals surface area contributed by atoms with Crippen molar-refractivity contribution in [3.8, 4) is 0 Å². The molecule has 0 aromatic rings. The number of thioether (sulfide) groups is 1. The van der Waals surface area contributed by atoms with Gasteiger partial charge in [0.2, 0.25) is 0 Å². The van der Waals surface area contributed by atoms with E-state index >= 15 is 0 Å². The van der Waals surface area contributed by atoms with Crippen LogP contribution >= 0.6 is 11.8 Å². The van der Waals surface area contributed by atoms with Crippen LogP contribution in [0, 0.1) is 0 Å². The third-order valence-corrected chi connectivity index (χ3v) is 1.89. The number of ether oxygens (including phenoxy) is 1. The molecule has 0 bridgehead atoms. The molecule has 0 rings (SSSR count). The Morgan fingerprint density at radius 1 is 1.50 bits per heavy atom. The van der Waals surface area contributed by atoms with E-state index in [1.54, 1.807) is 0 Å². The number of carbonyl (C=O) groups is 1. The van der Waals surface area contributed by atoms with Crippen LogP contribution in [0.25, 0.3) is 0 Å². The van der Waals surface area contributed by atoms with Crippen LogP contribution in [0.1, 0.15) is 0 Å². The molecule has 0 spiro atoms. The minimum Gasteiger partial charge on any atom is -0.440 e. The number of nitrogens with zero attached hydrogens (tertiary/aromatic N) is 1. The van der Waals surface area contributed by atoms with Gasteiger partial charge in [0.1, 0.15) is 0 Å². The molecule has 1 amide bonds. The van der Waals surface area contributed by atoms with Crippen LogP contribution in [0.15, 0.2) is 0 Å². The number of hydrogen-bond donors (Lipinski definition) is 0. The average Bonchev–Trinajstić information content (AvgIpc) is 2.09. The van der Waals surface area contributed by atoms with Gasteiger partial charge in [0.15, 0.2) is 6.61 Å². The molecule has 7 heteroatoms. The minimum atomic E-state index is -4.46. The molecule has 0 N–H and O–H groups in total. The lowest BCUT2D eigenvalue weighted by Gasteiger charge is -2.16. The Labute approximate surface area is 84.6 Å². The molecule has 0 heterocycles. The van der Waals surface area contributed by atoms with Crippen molar-refractivity contribution in [2.75, 3.05) is 32.2 Å². The zero-order valence-corrected chi connectivity index (χ0v) is 8.74. The fourth-order valence-electron chi connectivity index (χ4n) is 0.573. The summed E-state index contributed by atoms with van der Waals surface area (Å²) < 4.78 is 38.9. The van der Waals surface area contributed by atoms with E-state index in [0.29, 0.717) is 12.3 Å². The summed E-state index contributed by atoms with van der Waals surface area (Å²) in [5.41, 5.74) is 0. The number of amides is 1. The average molecular weight is 231 g/mol. The van der Waals surface area contributed by atoms with Gasteiger partial charge < -0.3 is 9.64 Å². The van der Waals surface area contributed by atoms with E-state index in [2.05, 4.69) is 4.74 Å². The van der Waals surface area contributed by atoms with Crippen LogP contribution in [0.2, 0.25) is 0 Å². The lowest BCUT2D eigenvalue weighted by molar-refractivity contribution is -0.162. The normalized spacial score (nSPS) is 11.2. The van der Waals surface area contributed by atoms with Crippen LogP contribution in [-0.4, -0.2) is 49.4 Å². The lowest BCUT2D eigenvalue weighted by Crippen LogP contribution is -2.32. The van der Waals surface area contributed by atoms with Crippen molar-refractivity contribution in [2.24, 2.45) is 0 Å². The largest absolute Gasteiger partial charge is 0.440 e. The Bertz CT molecular complexity index is 186. The van der Waals surface area contributed by atoms with Crippen LogP contribution in [0.5, 0.6) is 0 Å². The first-order valence-corrected chi connectivity index (χ1v) is 5.20. The molecule has 0 fully saturated rings. The van der Waals surface area contributed by atoms with Crippen molar-refractivity contribution in [1.29, 1.82) is 0 Å². The van der Waals surface area contributed by atoms with Crippen molar-refractivity contribution < 1.29 is 22.7 Å². The monoisotopic (exact) mass is 231 g/mol. The molecule has 0 aliphatic heterocycles. The quantitative estimate of drug-likeness (QED) is 0.741. The van der Waals surface area contributed by atoms with E-state index in [4.69, 9.17) is 0 Å². The summed E-state index contributed by atoms with van der Waals surface area (Å²) in [7, 11) is 1.40. The number of rotatable bonds is 4. The summed E-state index contributed by atoms with van der Waals surface area (Å²) in [5, 5.41) is 0. The second-order valence-electron chi connectivity index (χ2n) is 2.58. The molecule has 0 unspecified atom stereocenters. The van der Waals surface area contributed by atoms with Gasteiger partial charge in [-0.05, 0) is 6.26 Å². The molecule has 0 aromatic heterocycles. The highest BCUT2D eigenvalue weighted by Gasteiger charge is 2.30. The Hall–Kier alpha value is -0.590. The Morgan fingerprint density at radius 2 is 2.07 bits per heavy atom. The summed E-state index contributed by atoms with van der Waals surface area (Å²) >= 11 is 1.50. The van der Waals surface area contributed by atoms with Crippen molar-refractivity contribution in [3.63, 3.8) is 0 Å². The van der Waals surface area contributed by atoms with Gasteiger partial charge in [0.05, 0.1) is 0 Å². The smallest absolute Gasteiger partial charge is 0.422 e. The molecule has 0 saturated heterocycles. The predicted molar refractivity (Wildman–Crippen MR) is 48.4 cm³/mol. The van der Waals surface area contributed by atoms with E-state index < -0.39 is 18.9 Å². The summed E-state index contributed by atoms with van der Waals surface area (Å²) in [6.45, 7) is -1.16. The summed E-state index contributed by atoms with van der Waals surface area (Å²) in [6, 6.07) is 0. The van der Waals surface area contributed by atoms with Gasteiger partial charge in [0.25, 0.3) is 0 Å². The maximum atomic E-state index is 11.6. The van der Waals surface area contributed by atoms with Crippen LogP contribution in [-0.2, 0) is 4.74 Å². The zero-order chi connectivity index (χ0) is 11.2. The Morgan fingerprint density at radius 3 is 2.50 bits per heavy atom.